The van der Waals surface area contributed by atoms with Crippen LogP contribution in [0.25, 0.3) is 0 Å². The van der Waals surface area contributed by atoms with E-state index >= 15 is 0 Å². The van der Waals surface area contributed by atoms with Gasteiger partial charge in [-0.25, -0.2) is 13.8 Å². The van der Waals surface area contributed by atoms with Gasteiger partial charge in [-0.1, -0.05) is 24.3 Å². The van der Waals surface area contributed by atoms with Gasteiger partial charge in [0.15, 0.2) is 0 Å². The van der Waals surface area contributed by atoms with E-state index in [9.17, 15) is 8.78 Å². The number of rotatable bonds is 5. The fourth-order valence-corrected chi connectivity index (χ4v) is 1.57. The first kappa shape index (κ1) is 12.6. The zero-order chi connectivity index (χ0) is 13.0. The maximum Gasteiger partial charge on any atom is 0.263 e. The summed E-state index contributed by atoms with van der Waals surface area (Å²) in [6, 6.07) is 6.31. The van der Waals surface area contributed by atoms with E-state index in [1.165, 1.54) is 18.5 Å². The summed E-state index contributed by atoms with van der Waals surface area (Å²) in [5, 5.41) is 9.77. The molecule has 0 aliphatic carbocycles. The summed E-state index contributed by atoms with van der Waals surface area (Å²) in [4.78, 5) is 4.04. The second-order valence-corrected chi connectivity index (χ2v) is 4.02. The van der Waals surface area contributed by atoms with Crippen molar-refractivity contribution < 1.29 is 8.78 Å². The number of hydrogen-bond acceptors (Lipinski definition) is 3. The average Bonchev–Trinajstić information content (AvgIpc) is 2.90. The van der Waals surface area contributed by atoms with Gasteiger partial charge in [-0.15, -0.1) is 0 Å². The van der Waals surface area contributed by atoms with Crippen molar-refractivity contribution in [2.24, 2.45) is 0 Å². The van der Waals surface area contributed by atoms with Crippen LogP contribution >= 0.6 is 0 Å². The number of aromatic amines is 1. The molecule has 0 saturated heterocycles. The van der Waals surface area contributed by atoms with E-state index in [2.05, 4.69) is 20.5 Å². The van der Waals surface area contributed by atoms with E-state index in [1.807, 2.05) is 6.92 Å². The van der Waals surface area contributed by atoms with Crippen molar-refractivity contribution in [3.8, 4) is 0 Å². The number of benzene rings is 1. The second kappa shape index (κ2) is 5.68. The van der Waals surface area contributed by atoms with Gasteiger partial charge in [0, 0.05) is 12.1 Å². The number of alkyl halides is 2. The zero-order valence-electron chi connectivity index (χ0n) is 9.90. The molecule has 0 amide bonds. The number of nitrogens with zero attached hydrogens (tertiary/aromatic N) is 2. The third-order valence-electron chi connectivity index (χ3n) is 2.69. The van der Waals surface area contributed by atoms with Crippen molar-refractivity contribution in [3.05, 3.63) is 47.5 Å². The molecule has 1 atom stereocenters. The molecule has 0 saturated carbocycles. The number of halogens is 2. The molecule has 0 radical (unpaired) electrons. The molecule has 0 bridgehead atoms. The van der Waals surface area contributed by atoms with E-state index in [-0.39, 0.29) is 11.6 Å². The molecule has 0 aliphatic rings. The lowest BCUT2D eigenvalue weighted by Crippen LogP contribution is -2.19. The van der Waals surface area contributed by atoms with Crippen molar-refractivity contribution in [2.45, 2.75) is 25.9 Å². The summed E-state index contributed by atoms with van der Waals surface area (Å²) in [7, 11) is 0. The summed E-state index contributed by atoms with van der Waals surface area (Å²) in [5.41, 5.74) is 0.993. The predicted molar refractivity (Wildman–Crippen MR) is 63.0 cm³/mol. The Bertz CT molecular complexity index is 467. The van der Waals surface area contributed by atoms with Crippen LogP contribution in [0.4, 0.5) is 8.78 Å². The summed E-state index contributed by atoms with van der Waals surface area (Å²) in [5.74, 6) is 0.749. The minimum atomic E-state index is -2.42. The van der Waals surface area contributed by atoms with E-state index in [4.69, 9.17) is 0 Å². The SMILES string of the molecule is CC(NCc1ccc(C(F)F)cc1)c1ncn[nH]1. The zero-order valence-corrected chi connectivity index (χ0v) is 9.90. The summed E-state index contributed by atoms with van der Waals surface area (Å²) >= 11 is 0. The molecule has 0 aliphatic heterocycles. The number of aromatic nitrogens is 3. The molecule has 0 fully saturated rings. The lowest BCUT2D eigenvalue weighted by atomic mass is 10.1. The average molecular weight is 252 g/mol. The molecule has 0 spiro atoms. The van der Waals surface area contributed by atoms with E-state index in [1.54, 1.807) is 12.1 Å². The molecule has 18 heavy (non-hydrogen) atoms. The van der Waals surface area contributed by atoms with E-state index in [0.717, 1.165) is 11.4 Å². The Kier molecular flexibility index (Phi) is 3.99. The highest BCUT2D eigenvalue weighted by Crippen LogP contribution is 2.18. The minimum Gasteiger partial charge on any atom is -0.303 e. The first-order chi connectivity index (χ1) is 8.66. The Morgan fingerprint density at radius 3 is 2.56 bits per heavy atom. The molecule has 1 aromatic heterocycles. The maximum absolute atomic E-state index is 12.4. The Hall–Kier alpha value is -1.82. The lowest BCUT2D eigenvalue weighted by molar-refractivity contribution is 0.151. The molecule has 6 heteroatoms. The van der Waals surface area contributed by atoms with Gasteiger partial charge in [-0.3, -0.25) is 5.10 Å². The van der Waals surface area contributed by atoms with Crippen molar-refractivity contribution in [1.29, 1.82) is 0 Å². The molecule has 2 rings (SSSR count). The minimum absolute atomic E-state index is 0.0299. The Labute approximate surface area is 103 Å². The normalized spacial score (nSPS) is 12.9. The molecular weight excluding hydrogens is 238 g/mol. The quantitative estimate of drug-likeness (QED) is 0.860. The molecular formula is C12H14F2N4. The Balaban J connectivity index is 1.90. The molecule has 1 unspecified atom stereocenters. The highest BCUT2D eigenvalue weighted by molar-refractivity contribution is 5.23. The third kappa shape index (κ3) is 3.10. The fraction of sp³-hybridized carbons (Fsp3) is 0.333. The van der Waals surface area contributed by atoms with Crippen molar-refractivity contribution >= 4 is 0 Å². The van der Waals surface area contributed by atoms with Gasteiger partial charge in [0.25, 0.3) is 6.43 Å². The summed E-state index contributed by atoms with van der Waals surface area (Å²) in [6.45, 7) is 2.54. The van der Waals surface area contributed by atoms with Gasteiger partial charge in [0.1, 0.15) is 12.2 Å². The first-order valence-corrected chi connectivity index (χ1v) is 5.62. The van der Waals surface area contributed by atoms with E-state index in [0.29, 0.717) is 6.54 Å². The van der Waals surface area contributed by atoms with E-state index < -0.39 is 6.43 Å². The molecule has 96 valence electrons. The Morgan fingerprint density at radius 2 is 2.00 bits per heavy atom. The molecule has 2 N–H and O–H groups in total. The van der Waals surface area contributed by atoms with Gasteiger partial charge in [0.05, 0.1) is 6.04 Å². The van der Waals surface area contributed by atoms with Crippen LogP contribution in [0.3, 0.4) is 0 Å². The second-order valence-electron chi connectivity index (χ2n) is 4.02. The van der Waals surface area contributed by atoms with Crippen LogP contribution in [0.1, 0.15) is 36.3 Å². The van der Waals surface area contributed by atoms with Crippen LogP contribution in [0.15, 0.2) is 30.6 Å². The summed E-state index contributed by atoms with van der Waals surface area (Å²) in [6.07, 6.45) is -0.967. The van der Waals surface area contributed by atoms with Gasteiger partial charge < -0.3 is 5.32 Å². The maximum atomic E-state index is 12.4. The molecule has 1 aromatic carbocycles. The highest BCUT2D eigenvalue weighted by Gasteiger charge is 2.08. The smallest absolute Gasteiger partial charge is 0.263 e. The van der Waals surface area contributed by atoms with Crippen LogP contribution in [-0.4, -0.2) is 15.2 Å². The highest BCUT2D eigenvalue weighted by atomic mass is 19.3. The molecule has 1 heterocycles. The van der Waals surface area contributed by atoms with Crippen LogP contribution in [0.2, 0.25) is 0 Å². The fourth-order valence-electron chi connectivity index (χ4n) is 1.57. The first-order valence-electron chi connectivity index (χ1n) is 5.62. The van der Waals surface area contributed by atoms with Crippen LogP contribution in [0.5, 0.6) is 0 Å². The van der Waals surface area contributed by atoms with Crippen LogP contribution < -0.4 is 5.32 Å². The van der Waals surface area contributed by atoms with Gasteiger partial charge >= 0.3 is 0 Å². The standard InChI is InChI=1S/C12H14F2N4/c1-8(12-16-7-17-18-12)15-6-9-2-4-10(5-3-9)11(13)14/h2-5,7-8,11,15H,6H2,1H3,(H,16,17,18). The van der Waals surface area contributed by atoms with Gasteiger partial charge in [-0.05, 0) is 12.5 Å². The largest absolute Gasteiger partial charge is 0.303 e. The van der Waals surface area contributed by atoms with Crippen molar-refractivity contribution in [3.63, 3.8) is 0 Å². The lowest BCUT2D eigenvalue weighted by Gasteiger charge is -2.11. The monoisotopic (exact) mass is 252 g/mol. The Morgan fingerprint density at radius 1 is 1.28 bits per heavy atom. The number of H-pyrrole nitrogens is 1. The van der Waals surface area contributed by atoms with Gasteiger partial charge in [-0.2, -0.15) is 5.10 Å². The van der Waals surface area contributed by atoms with Crippen LogP contribution in [0, 0.1) is 0 Å². The number of hydrogen-bond donors (Lipinski definition) is 2. The molecule has 4 nitrogen and oxygen atoms in total. The van der Waals surface area contributed by atoms with Crippen molar-refractivity contribution in [2.75, 3.05) is 0 Å². The predicted octanol–water partition coefficient (Wildman–Crippen LogP) is 2.59. The summed E-state index contributed by atoms with van der Waals surface area (Å²) < 4.78 is 24.7. The van der Waals surface area contributed by atoms with Crippen LogP contribution in [-0.2, 0) is 6.54 Å². The third-order valence-corrected chi connectivity index (χ3v) is 2.69. The van der Waals surface area contributed by atoms with Crippen molar-refractivity contribution in [1.82, 2.24) is 20.5 Å². The molecule has 2 aromatic rings. The number of nitrogens with one attached hydrogen (secondary N) is 2. The topological polar surface area (TPSA) is 53.6 Å². The van der Waals surface area contributed by atoms with Gasteiger partial charge in [0.2, 0.25) is 0 Å².